The molecule has 0 unspecified atom stereocenters. The van der Waals surface area contributed by atoms with E-state index in [2.05, 4.69) is 38.1 Å². The minimum Gasteiger partial charge on any atom is -0.497 e. The molecule has 0 saturated carbocycles. The molecule has 4 rings (SSSR count). The number of nitrogen functional groups attached to an aromatic ring is 1. The van der Waals surface area contributed by atoms with Crippen LogP contribution < -0.4 is 20.8 Å². The highest BCUT2D eigenvalue weighted by molar-refractivity contribution is 5.94. The van der Waals surface area contributed by atoms with E-state index in [9.17, 15) is 4.79 Å². The molecule has 12 nitrogen and oxygen atoms in total. The Morgan fingerprint density at radius 2 is 2.22 bits per heavy atom. The van der Waals surface area contributed by atoms with Gasteiger partial charge in [-0.2, -0.15) is 9.78 Å². The Labute approximate surface area is 184 Å². The fourth-order valence-electron chi connectivity index (χ4n) is 3.67. The normalized spacial score (nSPS) is 18.7. The van der Waals surface area contributed by atoms with Gasteiger partial charge in [0, 0.05) is 0 Å². The molecular weight excluding hydrogens is 414 g/mol. The van der Waals surface area contributed by atoms with E-state index in [1.54, 1.807) is 13.2 Å². The average molecular weight is 440 g/mol. The van der Waals surface area contributed by atoms with Crippen LogP contribution >= 0.6 is 0 Å². The number of ether oxygens (including phenoxy) is 1. The summed E-state index contributed by atoms with van der Waals surface area (Å²) in [6.45, 7) is 4.78. The minimum atomic E-state index is -0.481. The first-order valence-corrected chi connectivity index (χ1v) is 10.4. The van der Waals surface area contributed by atoms with Crippen LogP contribution in [0.15, 0.2) is 34.0 Å². The van der Waals surface area contributed by atoms with Crippen LogP contribution in [-0.4, -0.2) is 57.6 Å². The summed E-state index contributed by atoms with van der Waals surface area (Å²) < 4.78 is 11.3. The van der Waals surface area contributed by atoms with Crippen molar-refractivity contribution in [3.63, 3.8) is 0 Å². The van der Waals surface area contributed by atoms with Gasteiger partial charge in [0.2, 0.25) is 11.6 Å². The topological polar surface area (TPSA) is 151 Å². The van der Waals surface area contributed by atoms with Crippen LogP contribution in [-0.2, 0) is 6.54 Å². The Kier molecular flexibility index (Phi) is 6.40. The number of quaternary nitrogens is 1. The van der Waals surface area contributed by atoms with Gasteiger partial charge >= 0.3 is 0 Å². The molecule has 3 heterocycles. The van der Waals surface area contributed by atoms with Gasteiger partial charge in [0.15, 0.2) is 5.69 Å². The van der Waals surface area contributed by atoms with E-state index in [4.69, 9.17) is 15.1 Å². The van der Waals surface area contributed by atoms with Crippen molar-refractivity contribution in [2.75, 3.05) is 25.9 Å². The van der Waals surface area contributed by atoms with Crippen LogP contribution in [0.5, 0.6) is 5.75 Å². The zero-order valence-corrected chi connectivity index (χ0v) is 18.0. The molecule has 1 aliphatic heterocycles. The third kappa shape index (κ3) is 4.75. The molecule has 1 aliphatic rings. The van der Waals surface area contributed by atoms with Gasteiger partial charge in [-0.1, -0.05) is 24.3 Å². The summed E-state index contributed by atoms with van der Waals surface area (Å²) in [5.41, 5.74) is 9.87. The second-order valence-electron chi connectivity index (χ2n) is 7.85. The predicted octanol–water partition coefficient (Wildman–Crippen LogP) is -0.180. The third-order valence-corrected chi connectivity index (χ3v) is 5.55. The average Bonchev–Trinajstić information content (AvgIpc) is 3.41. The van der Waals surface area contributed by atoms with Crippen molar-refractivity contribution in [2.24, 2.45) is 11.0 Å². The standard InChI is InChI=1S/C20H25N9O3/c1-13-6-8-28(9-7-13)12-16-17(23-27-29(16)19-18(21)25-32-26-19)20(30)24-22-11-14-4-3-5-15(10-14)31-2/h3-5,10-11,13H,6-9,12H2,1-2H3,(H2,21,25)(H,24,30)/p+1. The highest BCUT2D eigenvalue weighted by Crippen LogP contribution is 2.16. The lowest BCUT2D eigenvalue weighted by molar-refractivity contribution is -0.920. The summed E-state index contributed by atoms with van der Waals surface area (Å²) in [4.78, 5) is 14.2. The number of hydrogen-bond acceptors (Lipinski definition) is 9. The molecule has 0 radical (unpaired) electrons. The van der Waals surface area contributed by atoms with Crippen LogP contribution in [0.3, 0.4) is 0 Å². The lowest BCUT2D eigenvalue weighted by Crippen LogP contribution is -3.11. The van der Waals surface area contributed by atoms with Crippen molar-refractivity contribution in [1.82, 2.24) is 30.7 Å². The molecule has 32 heavy (non-hydrogen) atoms. The summed E-state index contributed by atoms with van der Waals surface area (Å²) >= 11 is 0. The number of aromatic nitrogens is 5. The van der Waals surface area contributed by atoms with Gasteiger partial charge in [0.25, 0.3) is 5.91 Å². The summed E-state index contributed by atoms with van der Waals surface area (Å²) in [5, 5.41) is 19.6. The Morgan fingerprint density at radius 1 is 1.41 bits per heavy atom. The molecule has 1 saturated heterocycles. The predicted molar refractivity (Wildman–Crippen MR) is 114 cm³/mol. The number of amides is 1. The lowest BCUT2D eigenvalue weighted by atomic mass is 9.99. The fourth-order valence-corrected chi connectivity index (χ4v) is 3.67. The number of methoxy groups -OCH3 is 1. The molecule has 2 aromatic heterocycles. The molecule has 12 heteroatoms. The monoisotopic (exact) mass is 440 g/mol. The number of rotatable bonds is 7. The van der Waals surface area contributed by atoms with Gasteiger partial charge in [-0.25, -0.2) is 10.1 Å². The smallest absolute Gasteiger partial charge is 0.294 e. The van der Waals surface area contributed by atoms with Crippen LogP contribution in [0.2, 0.25) is 0 Å². The number of nitrogens with two attached hydrogens (primary N) is 1. The van der Waals surface area contributed by atoms with Gasteiger partial charge in [0.05, 0.1) is 26.4 Å². The van der Waals surface area contributed by atoms with E-state index in [1.165, 1.54) is 15.8 Å². The molecule has 0 bridgehead atoms. The Morgan fingerprint density at radius 3 is 2.94 bits per heavy atom. The molecule has 1 aromatic carbocycles. The molecule has 0 atom stereocenters. The van der Waals surface area contributed by atoms with E-state index in [-0.39, 0.29) is 17.3 Å². The second-order valence-corrected chi connectivity index (χ2v) is 7.85. The second kappa shape index (κ2) is 9.56. The van der Waals surface area contributed by atoms with Gasteiger partial charge in [0.1, 0.15) is 18.0 Å². The number of hydrazone groups is 1. The van der Waals surface area contributed by atoms with E-state index in [0.29, 0.717) is 23.9 Å². The molecule has 0 spiro atoms. The SMILES string of the molecule is COc1cccc(C=NNC(=O)c2nnn(-c3nonc3N)c2C[NH+]2CCC(C)CC2)c1. The third-order valence-electron chi connectivity index (χ3n) is 5.55. The number of carbonyl (C=O) groups excluding carboxylic acids is 1. The van der Waals surface area contributed by atoms with E-state index in [0.717, 1.165) is 31.5 Å². The number of carbonyl (C=O) groups is 1. The molecule has 3 aromatic rings. The first-order chi connectivity index (χ1) is 15.5. The van der Waals surface area contributed by atoms with Crippen molar-refractivity contribution in [2.45, 2.75) is 26.3 Å². The van der Waals surface area contributed by atoms with E-state index >= 15 is 0 Å². The number of benzene rings is 1. The van der Waals surface area contributed by atoms with Crippen LogP contribution in [0.4, 0.5) is 5.82 Å². The molecule has 4 N–H and O–H groups in total. The Bertz CT molecular complexity index is 1100. The maximum atomic E-state index is 12.9. The lowest BCUT2D eigenvalue weighted by Gasteiger charge is -2.27. The maximum absolute atomic E-state index is 12.9. The number of likely N-dealkylation sites (tertiary alicyclic amines) is 1. The summed E-state index contributed by atoms with van der Waals surface area (Å²) in [6.07, 6.45) is 3.77. The van der Waals surface area contributed by atoms with Crippen LogP contribution in [0.1, 0.15) is 41.5 Å². The van der Waals surface area contributed by atoms with Gasteiger partial charge in [-0.15, -0.1) is 5.10 Å². The number of hydrogen-bond donors (Lipinski definition) is 3. The van der Waals surface area contributed by atoms with Crippen molar-refractivity contribution >= 4 is 17.9 Å². The fraction of sp³-hybridized carbons (Fsp3) is 0.400. The van der Waals surface area contributed by atoms with Crippen molar-refractivity contribution < 1.29 is 19.1 Å². The van der Waals surface area contributed by atoms with Gasteiger partial charge in [-0.3, -0.25) is 4.79 Å². The van der Waals surface area contributed by atoms with Crippen LogP contribution in [0, 0.1) is 5.92 Å². The summed E-state index contributed by atoms with van der Waals surface area (Å²) in [6, 6.07) is 7.32. The molecule has 0 aliphatic carbocycles. The molecule has 1 fully saturated rings. The van der Waals surface area contributed by atoms with Crippen molar-refractivity contribution in [1.29, 1.82) is 0 Å². The van der Waals surface area contributed by atoms with Gasteiger partial charge < -0.3 is 15.4 Å². The van der Waals surface area contributed by atoms with Gasteiger partial charge in [-0.05, 0) is 46.8 Å². The summed E-state index contributed by atoms with van der Waals surface area (Å²) in [7, 11) is 1.59. The number of nitrogens with one attached hydrogen (secondary N) is 2. The first kappa shape index (κ1) is 21.4. The van der Waals surface area contributed by atoms with Crippen molar-refractivity contribution in [3.05, 3.63) is 41.2 Å². The highest BCUT2D eigenvalue weighted by atomic mass is 16.6. The maximum Gasteiger partial charge on any atom is 0.294 e. The Balaban J connectivity index is 1.55. The van der Waals surface area contributed by atoms with E-state index < -0.39 is 5.91 Å². The zero-order valence-electron chi connectivity index (χ0n) is 18.0. The quantitative estimate of drug-likeness (QED) is 0.338. The van der Waals surface area contributed by atoms with E-state index in [1.807, 2.05) is 18.2 Å². The zero-order chi connectivity index (χ0) is 22.5. The van der Waals surface area contributed by atoms with Crippen molar-refractivity contribution in [3.8, 4) is 11.6 Å². The minimum absolute atomic E-state index is 0.0708. The Hall–Kier alpha value is -3.80. The summed E-state index contributed by atoms with van der Waals surface area (Å²) in [5.74, 6) is 1.19. The molecular formula is C20H26N9O3+. The highest BCUT2D eigenvalue weighted by Gasteiger charge is 2.28. The first-order valence-electron chi connectivity index (χ1n) is 10.4. The number of piperidine rings is 1. The van der Waals surface area contributed by atoms with Crippen LogP contribution in [0.25, 0.3) is 5.82 Å². The number of anilines is 1. The number of nitrogens with zero attached hydrogens (tertiary/aromatic N) is 6. The molecule has 1 amide bonds. The largest absolute Gasteiger partial charge is 0.497 e. The molecule has 168 valence electrons.